The van der Waals surface area contributed by atoms with Crippen LogP contribution in [0.4, 0.5) is 5.69 Å². The van der Waals surface area contributed by atoms with Crippen molar-refractivity contribution in [1.29, 1.82) is 0 Å². The number of nitrogen functional groups attached to an aromatic ring is 1. The van der Waals surface area contributed by atoms with E-state index in [1.54, 1.807) is 6.20 Å². The summed E-state index contributed by atoms with van der Waals surface area (Å²) in [5.41, 5.74) is 6.99. The molecule has 2 amide bonds. The number of carbonyl (C=O) groups excluding carboxylic acids is 2. The van der Waals surface area contributed by atoms with E-state index in [1.165, 1.54) is 10.9 Å². The fourth-order valence-corrected chi connectivity index (χ4v) is 1.71. The van der Waals surface area contributed by atoms with E-state index in [0.717, 1.165) is 5.56 Å². The molecule has 2 rings (SSSR count). The van der Waals surface area contributed by atoms with Crippen LogP contribution < -0.4 is 16.4 Å². The maximum atomic E-state index is 11.6. The van der Waals surface area contributed by atoms with Crippen molar-refractivity contribution in [2.45, 2.75) is 13.1 Å². The maximum Gasteiger partial charge on any atom is 0.242 e. The van der Waals surface area contributed by atoms with Crippen molar-refractivity contribution in [2.75, 3.05) is 12.3 Å². The number of rotatable bonds is 6. The fourth-order valence-electron chi connectivity index (χ4n) is 1.71. The molecule has 0 aliphatic heterocycles. The van der Waals surface area contributed by atoms with Crippen LogP contribution in [0.2, 0.25) is 0 Å². The first kappa shape index (κ1) is 14.6. The molecule has 0 bridgehead atoms. The van der Waals surface area contributed by atoms with Gasteiger partial charge in [0.05, 0.1) is 18.4 Å². The molecule has 0 aliphatic carbocycles. The molecule has 1 aromatic heterocycles. The first-order valence-electron chi connectivity index (χ1n) is 6.49. The Kier molecular flexibility index (Phi) is 4.92. The van der Waals surface area contributed by atoms with E-state index in [1.807, 2.05) is 30.3 Å². The number of carbonyl (C=O) groups is 2. The van der Waals surface area contributed by atoms with Crippen molar-refractivity contribution in [3.63, 3.8) is 0 Å². The predicted octanol–water partition coefficient (Wildman–Crippen LogP) is -0.102. The number of nitrogens with zero attached hydrogens (tertiary/aromatic N) is 2. The van der Waals surface area contributed by atoms with Gasteiger partial charge in [0.2, 0.25) is 11.8 Å². The second-order valence-electron chi connectivity index (χ2n) is 4.51. The molecule has 0 saturated heterocycles. The number of nitrogens with one attached hydrogen (secondary N) is 2. The molecule has 0 unspecified atom stereocenters. The molecule has 110 valence electrons. The number of hydrogen-bond donors (Lipinski definition) is 3. The van der Waals surface area contributed by atoms with Gasteiger partial charge in [-0.15, -0.1) is 0 Å². The average Bonchev–Trinajstić information content (AvgIpc) is 2.89. The van der Waals surface area contributed by atoms with Crippen molar-refractivity contribution in [3.05, 3.63) is 48.3 Å². The SMILES string of the molecule is Nc1cnn(CC(=O)NCC(=O)NCc2ccccc2)c1. The first-order chi connectivity index (χ1) is 10.1. The summed E-state index contributed by atoms with van der Waals surface area (Å²) in [7, 11) is 0. The van der Waals surface area contributed by atoms with Gasteiger partial charge < -0.3 is 16.4 Å². The lowest BCUT2D eigenvalue weighted by atomic mass is 10.2. The summed E-state index contributed by atoms with van der Waals surface area (Å²) in [5, 5.41) is 9.14. The van der Waals surface area contributed by atoms with Gasteiger partial charge in [-0.05, 0) is 5.56 Å². The summed E-state index contributed by atoms with van der Waals surface area (Å²) in [6, 6.07) is 9.55. The number of aromatic nitrogens is 2. The largest absolute Gasteiger partial charge is 0.396 e. The van der Waals surface area contributed by atoms with Crippen LogP contribution in [0.3, 0.4) is 0 Å². The highest BCUT2D eigenvalue weighted by molar-refractivity contribution is 5.84. The zero-order valence-electron chi connectivity index (χ0n) is 11.5. The summed E-state index contributed by atoms with van der Waals surface area (Å²) in [4.78, 5) is 23.2. The number of benzene rings is 1. The monoisotopic (exact) mass is 287 g/mol. The third kappa shape index (κ3) is 4.98. The molecule has 21 heavy (non-hydrogen) atoms. The molecule has 7 heteroatoms. The second kappa shape index (κ2) is 7.09. The standard InChI is InChI=1S/C14H17N5O2/c15-12-7-18-19(9-12)10-14(21)17-8-13(20)16-6-11-4-2-1-3-5-11/h1-5,7,9H,6,8,10,15H2,(H,16,20)(H,17,21). The summed E-state index contributed by atoms with van der Waals surface area (Å²) in [6.07, 6.45) is 3.01. The third-order valence-corrected chi connectivity index (χ3v) is 2.74. The number of nitrogens with two attached hydrogens (primary N) is 1. The van der Waals surface area contributed by atoms with E-state index in [-0.39, 0.29) is 24.9 Å². The minimum Gasteiger partial charge on any atom is -0.396 e. The van der Waals surface area contributed by atoms with E-state index in [9.17, 15) is 9.59 Å². The maximum absolute atomic E-state index is 11.6. The number of amides is 2. The van der Waals surface area contributed by atoms with Crippen LogP contribution in [-0.2, 0) is 22.7 Å². The zero-order chi connectivity index (χ0) is 15.1. The van der Waals surface area contributed by atoms with Gasteiger partial charge in [-0.25, -0.2) is 0 Å². The minimum atomic E-state index is -0.298. The van der Waals surface area contributed by atoms with Crippen LogP contribution in [0, 0.1) is 0 Å². The average molecular weight is 287 g/mol. The van der Waals surface area contributed by atoms with Crippen LogP contribution >= 0.6 is 0 Å². The number of hydrogen-bond acceptors (Lipinski definition) is 4. The molecule has 1 heterocycles. The first-order valence-corrected chi connectivity index (χ1v) is 6.49. The van der Waals surface area contributed by atoms with Gasteiger partial charge in [-0.1, -0.05) is 30.3 Å². The van der Waals surface area contributed by atoms with E-state index in [4.69, 9.17) is 5.73 Å². The predicted molar refractivity (Wildman–Crippen MR) is 77.9 cm³/mol. The molecule has 0 saturated carbocycles. The highest BCUT2D eigenvalue weighted by Crippen LogP contribution is 1.97. The summed E-state index contributed by atoms with van der Waals surface area (Å²) < 4.78 is 1.41. The molecular formula is C14H17N5O2. The summed E-state index contributed by atoms with van der Waals surface area (Å²) in [6.45, 7) is 0.400. The van der Waals surface area contributed by atoms with Gasteiger partial charge in [0.25, 0.3) is 0 Å². The lowest BCUT2D eigenvalue weighted by Crippen LogP contribution is -2.38. The van der Waals surface area contributed by atoms with Crippen molar-refractivity contribution < 1.29 is 9.59 Å². The van der Waals surface area contributed by atoms with Crippen LogP contribution in [0.15, 0.2) is 42.7 Å². The highest BCUT2D eigenvalue weighted by Gasteiger charge is 2.06. The Morgan fingerprint density at radius 3 is 2.57 bits per heavy atom. The smallest absolute Gasteiger partial charge is 0.242 e. The van der Waals surface area contributed by atoms with Crippen LogP contribution in [0.5, 0.6) is 0 Å². The van der Waals surface area contributed by atoms with Crippen LogP contribution in [0.25, 0.3) is 0 Å². The molecule has 0 spiro atoms. The molecule has 0 atom stereocenters. The van der Waals surface area contributed by atoms with Crippen LogP contribution in [-0.4, -0.2) is 28.1 Å². The van der Waals surface area contributed by atoms with Gasteiger partial charge in [0.15, 0.2) is 0 Å². The van der Waals surface area contributed by atoms with Crippen molar-refractivity contribution >= 4 is 17.5 Å². The van der Waals surface area contributed by atoms with Crippen molar-refractivity contribution in [1.82, 2.24) is 20.4 Å². The Hall–Kier alpha value is -2.83. The van der Waals surface area contributed by atoms with Crippen molar-refractivity contribution in [2.24, 2.45) is 0 Å². The molecule has 0 fully saturated rings. The molecule has 0 aliphatic rings. The van der Waals surface area contributed by atoms with Gasteiger partial charge in [-0.3, -0.25) is 14.3 Å². The van der Waals surface area contributed by atoms with E-state index in [2.05, 4.69) is 15.7 Å². The Morgan fingerprint density at radius 2 is 1.90 bits per heavy atom. The van der Waals surface area contributed by atoms with E-state index < -0.39 is 0 Å². The van der Waals surface area contributed by atoms with Crippen molar-refractivity contribution in [3.8, 4) is 0 Å². The fraction of sp³-hybridized carbons (Fsp3) is 0.214. The third-order valence-electron chi connectivity index (χ3n) is 2.74. The zero-order valence-corrected chi connectivity index (χ0v) is 11.5. The Bertz CT molecular complexity index is 609. The lowest BCUT2D eigenvalue weighted by Gasteiger charge is -2.07. The normalized spacial score (nSPS) is 10.1. The van der Waals surface area contributed by atoms with Gasteiger partial charge in [-0.2, -0.15) is 5.10 Å². The molecule has 0 radical (unpaired) electrons. The van der Waals surface area contributed by atoms with Crippen LogP contribution in [0.1, 0.15) is 5.56 Å². The molecule has 1 aromatic carbocycles. The Morgan fingerprint density at radius 1 is 1.14 bits per heavy atom. The van der Waals surface area contributed by atoms with Gasteiger partial charge in [0, 0.05) is 12.7 Å². The molecule has 4 N–H and O–H groups in total. The topological polar surface area (TPSA) is 102 Å². The quantitative estimate of drug-likeness (QED) is 0.690. The molecular weight excluding hydrogens is 270 g/mol. The second-order valence-corrected chi connectivity index (χ2v) is 4.51. The van der Waals surface area contributed by atoms with E-state index in [0.29, 0.717) is 12.2 Å². The van der Waals surface area contributed by atoms with E-state index >= 15 is 0 Å². The Balaban J connectivity index is 1.67. The van der Waals surface area contributed by atoms with Gasteiger partial charge in [0.1, 0.15) is 6.54 Å². The lowest BCUT2D eigenvalue weighted by molar-refractivity contribution is -0.126. The Labute approximate surface area is 122 Å². The molecule has 7 nitrogen and oxygen atoms in total. The highest BCUT2D eigenvalue weighted by atomic mass is 16.2. The number of anilines is 1. The minimum absolute atomic E-state index is 0.0309. The summed E-state index contributed by atoms with van der Waals surface area (Å²) in [5.74, 6) is -0.542. The molecule has 2 aromatic rings. The summed E-state index contributed by atoms with van der Waals surface area (Å²) >= 11 is 0. The van der Waals surface area contributed by atoms with Gasteiger partial charge >= 0.3 is 0 Å².